The van der Waals surface area contributed by atoms with Gasteiger partial charge in [0.15, 0.2) is 0 Å². The first-order chi connectivity index (χ1) is 11.1. The second-order valence-electron chi connectivity index (χ2n) is 4.85. The van der Waals surface area contributed by atoms with E-state index in [9.17, 15) is 9.18 Å². The lowest BCUT2D eigenvalue weighted by Gasteiger charge is -2.06. The van der Waals surface area contributed by atoms with Crippen LogP contribution in [-0.2, 0) is 11.3 Å². The number of amides is 1. The summed E-state index contributed by atoms with van der Waals surface area (Å²) in [7, 11) is 0. The molecule has 2 aromatic rings. The zero-order valence-electron chi connectivity index (χ0n) is 12.5. The molecule has 0 heterocycles. The van der Waals surface area contributed by atoms with E-state index in [0.29, 0.717) is 23.6 Å². The van der Waals surface area contributed by atoms with Gasteiger partial charge in [0.25, 0.3) is 0 Å². The van der Waals surface area contributed by atoms with Crippen LogP contribution in [0.4, 0.5) is 9.18 Å². The van der Waals surface area contributed by atoms with Gasteiger partial charge in [0.05, 0.1) is 0 Å². The zero-order valence-corrected chi connectivity index (χ0v) is 13.2. The van der Waals surface area contributed by atoms with Crippen LogP contribution >= 0.6 is 11.6 Å². The van der Waals surface area contributed by atoms with Crippen LogP contribution in [0.3, 0.4) is 0 Å². The molecular weight excluding hydrogens is 317 g/mol. The number of ether oxygens (including phenoxy) is 1. The summed E-state index contributed by atoms with van der Waals surface area (Å²) < 4.78 is 18.2. The van der Waals surface area contributed by atoms with Crippen LogP contribution < -0.4 is 5.32 Å². The molecule has 0 atom stereocenters. The van der Waals surface area contributed by atoms with Gasteiger partial charge in [-0.25, -0.2) is 9.18 Å². The third-order valence-electron chi connectivity index (χ3n) is 3.05. The van der Waals surface area contributed by atoms with Crippen molar-refractivity contribution in [2.45, 2.75) is 13.0 Å². The minimum absolute atomic E-state index is 0.238. The fourth-order valence-electron chi connectivity index (χ4n) is 1.88. The molecule has 0 radical (unpaired) electrons. The lowest BCUT2D eigenvalue weighted by molar-refractivity contribution is 0.140. The highest BCUT2D eigenvalue weighted by molar-refractivity contribution is 6.32. The fourth-order valence-corrected chi connectivity index (χ4v) is 2.06. The van der Waals surface area contributed by atoms with E-state index in [-0.39, 0.29) is 12.4 Å². The second kappa shape index (κ2) is 8.96. The maximum Gasteiger partial charge on any atom is 0.407 e. The summed E-state index contributed by atoms with van der Waals surface area (Å²) in [5, 5.41) is 3.13. The normalized spacial score (nSPS) is 10.7. The Morgan fingerprint density at radius 3 is 2.78 bits per heavy atom. The monoisotopic (exact) mass is 333 g/mol. The summed E-state index contributed by atoms with van der Waals surface area (Å²) in [6.07, 6.45) is 3.67. The number of carbonyl (C=O) groups is 1. The third kappa shape index (κ3) is 6.12. The molecule has 0 aromatic heterocycles. The molecule has 0 saturated carbocycles. The number of nitrogens with one attached hydrogen (secondary N) is 1. The lowest BCUT2D eigenvalue weighted by atomic mass is 10.2. The quantitative estimate of drug-likeness (QED) is 0.770. The molecule has 0 aliphatic heterocycles. The Balaban J connectivity index is 1.67. The van der Waals surface area contributed by atoms with Crippen LogP contribution in [0.25, 0.3) is 6.08 Å². The molecule has 0 aliphatic carbocycles. The van der Waals surface area contributed by atoms with Crippen molar-refractivity contribution in [2.75, 3.05) is 6.54 Å². The summed E-state index contributed by atoms with van der Waals surface area (Å²) in [5.41, 5.74) is 1.54. The van der Waals surface area contributed by atoms with Gasteiger partial charge in [-0.1, -0.05) is 54.1 Å². The Hall–Kier alpha value is -2.33. The predicted molar refractivity (Wildman–Crippen MR) is 89.7 cm³/mol. The predicted octanol–water partition coefficient (Wildman–Crippen LogP) is 4.81. The van der Waals surface area contributed by atoms with Gasteiger partial charge in [-0.2, -0.15) is 0 Å². The van der Waals surface area contributed by atoms with Gasteiger partial charge in [0.2, 0.25) is 0 Å². The number of rotatable bonds is 6. The van der Waals surface area contributed by atoms with Crippen LogP contribution in [0.2, 0.25) is 5.02 Å². The van der Waals surface area contributed by atoms with Crippen LogP contribution in [-0.4, -0.2) is 12.6 Å². The molecule has 0 aliphatic rings. The minimum Gasteiger partial charge on any atom is -0.445 e. The first-order valence-corrected chi connectivity index (χ1v) is 7.59. The Bertz CT molecular complexity index is 674. The molecule has 2 aromatic carbocycles. The Kier molecular flexibility index (Phi) is 6.63. The first kappa shape index (κ1) is 17.0. The van der Waals surface area contributed by atoms with Crippen molar-refractivity contribution < 1.29 is 13.9 Å². The average molecular weight is 334 g/mol. The number of alkyl carbamates (subject to hydrolysis) is 1. The molecule has 0 spiro atoms. The van der Waals surface area contributed by atoms with Crippen molar-refractivity contribution in [1.82, 2.24) is 5.32 Å². The van der Waals surface area contributed by atoms with Gasteiger partial charge >= 0.3 is 6.09 Å². The molecule has 1 amide bonds. The number of carbonyl (C=O) groups excluding carboxylic acids is 1. The molecule has 0 unspecified atom stereocenters. The van der Waals surface area contributed by atoms with Crippen molar-refractivity contribution >= 4 is 23.8 Å². The highest BCUT2D eigenvalue weighted by atomic mass is 35.5. The molecule has 3 nitrogen and oxygen atoms in total. The smallest absolute Gasteiger partial charge is 0.407 e. The van der Waals surface area contributed by atoms with E-state index in [1.165, 1.54) is 18.2 Å². The third-order valence-corrected chi connectivity index (χ3v) is 3.39. The van der Waals surface area contributed by atoms with Crippen molar-refractivity contribution in [2.24, 2.45) is 0 Å². The van der Waals surface area contributed by atoms with E-state index in [1.54, 1.807) is 6.08 Å². The maximum atomic E-state index is 13.1. The summed E-state index contributed by atoms with van der Waals surface area (Å²) in [4.78, 5) is 11.5. The van der Waals surface area contributed by atoms with E-state index in [4.69, 9.17) is 16.3 Å². The van der Waals surface area contributed by atoms with Gasteiger partial charge in [-0.15, -0.1) is 0 Å². The topological polar surface area (TPSA) is 38.3 Å². The minimum atomic E-state index is -0.467. The van der Waals surface area contributed by atoms with Crippen LogP contribution in [0.15, 0.2) is 54.6 Å². The Morgan fingerprint density at radius 1 is 1.22 bits per heavy atom. The Labute approximate surface area is 139 Å². The standard InChI is InChI=1S/C18H17ClFNO2/c19-17-10-9-16(20)12-15(17)8-4-5-11-21-18(22)23-13-14-6-2-1-3-7-14/h1-4,6-10,12H,5,11,13H2,(H,21,22). The van der Waals surface area contributed by atoms with E-state index in [1.807, 2.05) is 36.4 Å². The van der Waals surface area contributed by atoms with E-state index in [0.717, 1.165) is 5.56 Å². The molecule has 0 saturated heterocycles. The summed E-state index contributed by atoms with van der Waals surface area (Å²) in [6.45, 7) is 0.665. The van der Waals surface area contributed by atoms with Crippen molar-refractivity contribution in [3.05, 3.63) is 76.6 Å². The largest absolute Gasteiger partial charge is 0.445 e. The van der Waals surface area contributed by atoms with Crippen LogP contribution in [0.1, 0.15) is 17.5 Å². The molecule has 5 heteroatoms. The first-order valence-electron chi connectivity index (χ1n) is 7.21. The Morgan fingerprint density at radius 2 is 2.00 bits per heavy atom. The molecule has 2 rings (SSSR count). The fraction of sp³-hybridized carbons (Fsp3) is 0.167. The second-order valence-corrected chi connectivity index (χ2v) is 5.25. The summed E-state index contributed by atoms with van der Waals surface area (Å²) in [5.74, 6) is -0.336. The van der Waals surface area contributed by atoms with Crippen molar-refractivity contribution in [3.8, 4) is 0 Å². The molecule has 23 heavy (non-hydrogen) atoms. The van der Waals surface area contributed by atoms with Gasteiger partial charge in [0.1, 0.15) is 12.4 Å². The summed E-state index contributed by atoms with van der Waals surface area (Å²) >= 11 is 5.95. The van der Waals surface area contributed by atoms with E-state index >= 15 is 0 Å². The van der Waals surface area contributed by atoms with Crippen LogP contribution in [0.5, 0.6) is 0 Å². The highest BCUT2D eigenvalue weighted by Gasteiger charge is 2.01. The van der Waals surface area contributed by atoms with Gasteiger partial charge in [-0.3, -0.25) is 0 Å². The molecule has 1 N–H and O–H groups in total. The SMILES string of the molecule is O=C(NCCC=Cc1cc(F)ccc1Cl)OCc1ccccc1. The molecule has 0 fully saturated rings. The summed E-state index contributed by atoms with van der Waals surface area (Å²) in [6, 6.07) is 13.6. The highest BCUT2D eigenvalue weighted by Crippen LogP contribution is 2.18. The number of halogens is 2. The van der Waals surface area contributed by atoms with E-state index < -0.39 is 6.09 Å². The van der Waals surface area contributed by atoms with Crippen molar-refractivity contribution in [3.63, 3.8) is 0 Å². The van der Waals surface area contributed by atoms with Crippen molar-refractivity contribution in [1.29, 1.82) is 0 Å². The molecule has 0 bridgehead atoms. The number of hydrogen-bond donors (Lipinski definition) is 1. The van der Waals surface area contributed by atoms with Gasteiger partial charge < -0.3 is 10.1 Å². The van der Waals surface area contributed by atoms with Crippen LogP contribution in [0, 0.1) is 5.82 Å². The van der Waals surface area contributed by atoms with Gasteiger partial charge in [-0.05, 0) is 35.7 Å². The number of hydrogen-bond acceptors (Lipinski definition) is 2. The lowest BCUT2D eigenvalue weighted by Crippen LogP contribution is -2.24. The number of benzene rings is 2. The average Bonchev–Trinajstić information content (AvgIpc) is 2.56. The molecular formula is C18H17ClFNO2. The zero-order chi connectivity index (χ0) is 16.5. The van der Waals surface area contributed by atoms with Gasteiger partial charge in [0, 0.05) is 11.6 Å². The van der Waals surface area contributed by atoms with E-state index in [2.05, 4.69) is 5.32 Å². The molecule has 120 valence electrons. The maximum absolute atomic E-state index is 13.1.